The van der Waals surface area contributed by atoms with Crippen molar-refractivity contribution in [1.82, 2.24) is 4.90 Å². The maximum Gasteiger partial charge on any atom is 0.290 e. The van der Waals surface area contributed by atoms with Crippen molar-refractivity contribution in [3.8, 4) is 11.5 Å². The van der Waals surface area contributed by atoms with Gasteiger partial charge in [0.15, 0.2) is 5.43 Å². The van der Waals surface area contributed by atoms with Crippen LogP contribution in [0.2, 0.25) is 0 Å². The van der Waals surface area contributed by atoms with Gasteiger partial charge in [0.1, 0.15) is 22.9 Å². The van der Waals surface area contributed by atoms with Gasteiger partial charge in [0.2, 0.25) is 5.76 Å². The number of rotatable bonds is 6. The van der Waals surface area contributed by atoms with E-state index >= 15 is 0 Å². The zero-order valence-electron chi connectivity index (χ0n) is 17.8. The lowest BCUT2D eigenvalue weighted by molar-refractivity contribution is 0.0663. The van der Waals surface area contributed by atoms with Crippen LogP contribution in [0.3, 0.4) is 0 Å². The molecule has 5 rings (SSSR count). The first-order chi connectivity index (χ1) is 16.1. The van der Waals surface area contributed by atoms with E-state index in [1.807, 2.05) is 36.4 Å². The fraction of sp³-hybridized carbons (Fsp3) is 0.154. The molecule has 1 atom stereocenters. The van der Waals surface area contributed by atoms with Crippen LogP contribution >= 0.6 is 0 Å². The lowest BCUT2D eigenvalue weighted by Gasteiger charge is -2.25. The van der Waals surface area contributed by atoms with Crippen molar-refractivity contribution >= 4 is 16.9 Å². The normalized spacial score (nSPS) is 15.2. The number of methoxy groups -OCH3 is 1. The minimum atomic E-state index is -0.717. The van der Waals surface area contributed by atoms with Crippen molar-refractivity contribution in [2.45, 2.75) is 6.04 Å². The number of ether oxygens (including phenoxy) is 2. The minimum absolute atomic E-state index is 0.0328. The van der Waals surface area contributed by atoms with E-state index in [-0.39, 0.29) is 35.4 Å². The molecule has 7 heteroatoms. The molecule has 1 amide bonds. The lowest BCUT2D eigenvalue weighted by Crippen LogP contribution is -2.32. The number of carbonyl (C=O) groups is 1. The Kier molecular flexibility index (Phi) is 5.40. The molecule has 0 bridgehead atoms. The average Bonchev–Trinajstić information content (AvgIpc) is 3.11. The van der Waals surface area contributed by atoms with E-state index in [2.05, 4.69) is 0 Å². The smallest absolute Gasteiger partial charge is 0.290 e. The maximum absolute atomic E-state index is 13.9. The Balaban J connectivity index is 1.65. The minimum Gasteiger partial charge on any atom is -0.457 e. The molecule has 1 unspecified atom stereocenters. The number of carbonyl (C=O) groups excluding carboxylic acids is 1. The second kappa shape index (κ2) is 8.52. The topological polar surface area (TPSA) is 69.0 Å². The van der Waals surface area contributed by atoms with E-state index < -0.39 is 23.2 Å². The summed E-state index contributed by atoms with van der Waals surface area (Å²) in [6.07, 6.45) is 0. The molecule has 1 aliphatic rings. The molecule has 0 N–H and O–H groups in total. The second-order valence-corrected chi connectivity index (χ2v) is 7.70. The second-order valence-electron chi connectivity index (χ2n) is 7.70. The van der Waals surface area contributed by atoms with Gasteiger partial charge < -0.3 is 18.8 Å². The van der Waals surface area contributed by atoms with E-state index in [1.54, 1.807) is 18.2 Å². The van der Waals surface area contributed by atoms with Crippen LogP contribution in [0, 0.1) is 5.82 Å². The SMILES string of the molecule is COCCN1C(=O)c2oc3ccc(F)cc3c(=O)c2C1c1cccc(Oc2ccccc2)c1. The summed E-state index contributed by atoms with van der Waals surface area (Å²) < 4.78 is 30.8. The number of para-hydroxylation sites is 1. The van der Waals surface area contributed by atoms with Gasteiger partial charge in [-0.15, -0.1) is 0 Å². The summed E-state index contributed by atoms with van der Waals surface area (Å²) >= 11 is 0. The summed E-state index contributed by atoms with van der Waals surface area (Å²) in [4.78, 5) is 28.2. The average molecular weight is 445 g/mol. The van der Waals surface area contributed by atoms with Crippen LogP contribution in [0.1, 0.15) is 27.7 Å². The Morgan fingerprint density at radius 2 is 1.76 bits per heavy atom. The first-order valence-corrected chi connectivity index (χ1v) is 10.5. The van der Waals surface area contributed by atoms with Gasteiger partial charge in [-0.1, -0.05) is 30.3 Å². The van der Waals surface area contributed by atoms with E-state index in [1.165, 1.54) is 24.1 Å². The molecule has 0 saturated heterocycles. The summed E-state index contributed by atoms with van der Waals surface area (Å²) in [5.74, 6) is 0.224. The van der Waals surface area contributed by atoms with Gasteiger partial charge in [-0.05, 0) is 48.0 Å². The number of hydrogen-bond acceptors (Lipinski definition) is 5. The number of amides is 1. The molecule has 2 heterocycles. The summed E-state index contributed by atoms with van der Waals surface area (Å²) in [6, 6.07) is 19.5. The molecule has 0 aliphatic carbocycles. The molecule has 0 saturated carbocycles. The highest BCUT2D eigenvalue weighted by Gasteiger charge is 2.42. The largest absolute Gasteiger partial charge is 0.457 e. The molecule has 0 fully saturated rings. The molecular formula is C26H20FNO5. The Morgan fingerprint density at radius 1 is 0.970 bits per heavy atom. The third-order valence-corrected chi connectivity index (χ3v) is 5.62. The molecular weight excluding hydrogens is 425 g/mol. The standard InChI is InChI=1S/C26H20FNO5/c1-31-13-12-28-23(16-6-5-9-19(14-16)32-18-7-3-2-4-8-18)22-24(29)20-15-17(27)10-11-21(20)33-25(22)26(28)30/h2-11,14-15,23H,12-13H2,1H3. The van der Waals surface area contributed by atoms with E-state index in [0.717, 1.165) is 6.07 Å². The predicted molar refractivity (Wildman–Crippen MR) is 120 cm³/mol. The van der Waals surface area contributed by atoms with Crippen LogP contribution < -0.4 is 10.2 Å². The van der Waals surface area contributed by atoms with Gasteiger partial charge in [-0.2, -0.15) is 0 Å². The number of halogens is 1. The molecule has 33 heavy (non-hydrogen) atoms. The van der Waals surface area contributed by atoms with Gasteiger partial charge in [0.25, 0.3) is 5.91 Å². The molecule has 4 aromatic rings. The van der Waals surface area contributed by atoms with Gasteiger partial charge in [-0.25, -0.2) is 4.39 Å². The molecule has 3 aromatic carbocycles. The van der Waals surface area contributed by atoms with Crippen LogP contribution in [0.25, 0.3) is 11.0 Å². The zero-order chi connectivity index (χ0) is 22.9. The monoisotopic (exact) mass is 445 g/mol. The van der Waals surface area contributed by atoms with Gasteiger partial charge in [0, 0.05) is 13.7 Å². The van der Waals surface area contributed by atoms with Crippen molar-refractivity contribution in [2.75, 3.05) is 20.3 Å². The fourth-order valence-corrected chi connectivity index (χ4v) is 4.13. The number of fused-ring (bicyclic) bond motifs is 2. The first-order valence-electron chi connectivity index (χ1n) is 10.5. The highest BCUT2D eigenvalue weighted by molar-refractivity contribution is 5.99. The zero-order valence-corrected chi connectivity index (χ0v) is 17.8. The summed E-state index contributed by atoms with van der Waals surface area (Å²) in [5.41, 5.74) is 0.598. The highest BCUT2D eigenvalue weighted by atomic mass is 19.1. The first kappa shape index (κ1) is 20.9. The van der Waals surface area contributed by atoms with E-state index in [4.69, 9.17) is 13.9 Å². The van der Waals surface area contributed by atoms with Crippen molar-refractivity contribution in [3.63, 3.8) is 0 Å². The van der Waals surface area contributed by atoms with Crippen LogP contribution in [0.4, 0.5) is 4.39 Å². The summed E-state index contributed by atoms with van der Waals surface area (Å²) in [6.45, 7) is 0.525. The van der Waals surface area contributed by atoms with E-state index in [0.29, 0.717) is 17.1 Å². The quantitative estimate of drug-likeness (QED) is 0.422. The number of hydrogen-bond donors (Lipinski definition) is 0. The van der Waals surface area contributed by atoms with Crippen LogP contribution in [-0.4, -0.2) is 31.1 Å². The van der Waals surface area contributed by atoms with Crippen LogP contribution in [0.5, 0.6) is 11.5 Å². The Hall–Kier alpha value is -3.97. The van der Waals surface area contributed by atoms with Gasteiger partial charge in [0.05, 0.1) is 23.6 Å². The lowest BCUT2D eigenvalue weighted by atomic mass is 9.98. The van der Waals surface area contributed by atoms with E-state index in [9.17, 15) is 14.0 Å². The molecule has 1 aliphatic heterocycles. The molecule has 1 aromatic heterocycles. The van der Waals surface area contributed by atoms with Crippen molar-refractivity contribution < 1.29 is 23.1 Å². The van der Waals surface area contributed by atoms with Gasteiger partial charge in [-0.3, -0.25) is 9.59 Å². The predicted octanol–water partition coefficient (Wildman–Crippen LogP) is 4.92. The Bertz CT molecular complexity index is 1400. The summed E-state index contributed by atoms with van der Waals surface area (Å²) in [5, 5.41) is 0.0943. The Labute approximate surface area is 188 Å². The van der Waals surface area contributed by atoms with Crippen molar-refractivity contribution in [1.29, 1.82) is 0 Å². The fourth-order valence-electron chi connectivity index (χ4n) is 4.13. The third kappa shape index (κ3) is 3.76. The van der Waals surface area contributed by atoms with Gasteiger partial charge >= 0.3 is 0 Å². The Morgan fingerprint density at radius 3 is 2.55 bits per heavy atom. The summed E-state index contributed by atoms with van der Waals surface area (Å²) in [7, 11) is 1.54. The number of nitrogens with zero attached hydrogens (tertiary/aromatic N) is 1. The molecule has 0 radical (unpaired) electrons. The maximum atomic E-state index is 13.9. The molecule has 166 valence electrons. The molecule has 0 spiro atoms. The number of benzene rings is 3. The third-order valence-electron chi connectivity index (χ3n) is 5.62. The highest BCUT2D eigenvalue weighted by Crippen LogP contribution is 2.39. The van der Waals surface area contributed by atoms with Crippen molar-refractivity contribution in [2.24, 2.45) is 0 Å². The van der Waals surface area contributed by atoms with Crippen molar-refractivity contribution in [3.05, 3.63) is 106 Å². The van der Waals surface area contributed by atoms with Crippen LogP contribution in [0.15, 0.2) is 82.0 Å². The van der Waals surface area contributed by atoms with Crippen LogP contribution in [-0.2, 0) is 4.74 Å². The molecule has 6 nitrogen and oxygen atoms in total.